The summed E-state index contributed by atoms with van der Waals surface area (Å²) in [5.41, 5.74) is 0.326. The molecule has 0 saturated heterocycles. The van der Waals surface area contributed by atoms with Crippen LogP contribution in [0.5, 0.6) is 0 Å². The second-order valence-corrected chi connectivity index (χ2v) is 6.41. The number of carbonyl (C=O) groups is 2. The second-order valence-electron chi connectivity index (χ2n) is 6.41. The normalized spacial score (nSPS) is 14.4. The van der Waals surface area contributed by atoms with Gasteiger partial charge in [0.05, 0.1) is 13.2 Å². The van der Waals surface area contributed by atoms with Crippen molar-refractivity contribution in [1.29, 1.82) is 0 Å². The average molecular weight is 452 g/mol. The van der Waals surface area contributed by atoms with Crippen molar-refractivity contribution < 1.29 is 49.4 Å². The number of hydrogen-bond donors (Lipinski definition) is 8. The van der Waals surface area contributed by atoms with Crippen LogP contribution in [0.25, 0.3) is 0 Å². The Morgan fingerprint density at radius 1 is 0.875 bits per heavy atom. The quantitative estimate of drug-likeness (QED) is 0.0769. The molecule has 4 unspecified atom stereocenters. The fourth-order valence-electron chi connectivity index (χ4n) is 2.31. The van der Waals surface area contributed by atoms with E-state index in [2.05, 4.69) is 23.8 Å². The first-order valence-corrected chi connectivity index (χ1v) is 9.37. The first kappa shape index (κ1) is 27.5. The van der Waals surface area contributed by atoms with Crippen LogP contribution in [0.1, 0.15) is 0 Å². The van der Waals surface area contributed by atoms with Crippen LogP contribution in [0.15, 0.2) is 49.6 Å². The van der Waals surface area contributed by atoms with Gasteiger partial charge in [-0.25, -0.2) is 0 Å². The Kier molecular flexibility index (Phi) is 11.8. The zero-order chi connectivity index (χ0) is 24.3. The van der Waals surface area contributed by atoms with Crippen LogP contribution in [0.2, 0.25) is 0 Å². The summed E-state index contributed by atoms with van der Waals surface area (Å²) in [6, 6.07) is 5.35. The smallest absolute Gasteiger partial charge is 0.423 e. The van der Waals surface area contributed by atoms with Crippen molar-refractivity contribution in [3.8, 4) is 0 Å². The zero-order valence-electron chi connectivity index (χ0n) is 17.1. The van der Waals surface area contributed by atoms with E-state index in [1.165, 1.54) is 24.3 Å². The lowest BCUT2D eigenvalue weighted by atomic mass is 9.74. The van der Waals surface area contributed by atoms with Crippen LogP contribution in [-0.4, -0.2) is 94.4 Å². The molecule has 1 aromatic rings. The first-order chi connectivity index (χ1) is 15.2. The van der Waals surface area contributed by atoms with E-state index in [4.69, 9.17) is 9.31 Å². The number of carbonyl (C=O) groups excluding carboxylic acids is 2. The molecule has 14 heteroatoms. The van der Waals surface area contributed by atoms with Crippen molar-refractivity contribution in [2.45, 2.75) is 24.7 Å². The molecule has 32 heavy (non-hydrogen) atoms. The third-order valence-electron chi connectivity index (χ3n) is 4.06. The number of aliphatic hydroxyl groups is 4. The van der Waals surface area contributed by atoms with Crippen molar-refractivity contribution >= 4 is 37.0 Å². The molecule has 12 nitrogen and oxygen atoms in total. The largest absolute Gasteiger partial charge is 0.497 e. The molecule has 0 heterocycles. The summed E-state index contributed by atoms with van der Waals surface area (Å²) in [6.45, 7) is 4.95. The minimum atomic E-state index is -1.75. The molecule has 8 N–H and O–H groups in total. The van der Waals surface area contributed by atoms with Gasteiger partial charge in [0.1, 0.15) is 24.7 Å². The molecule has 0 spiro atoms. The molecule has 0 aliphatic heterocycles. The average Bonchev–Trinajstić information content (AvgIpc) is 2.80. The molecule has 0 aromatic heterocycles. The predicted molar refractivity (Wildman–Crippen MR) is 114 cm³/mol. The van der Waals surface area contributed by atoms with Gasteiger partial charge in [-0.1, -0.05) is 37.4 Å². The molecule has 0 aliphatic rings. The van der Waals surface area contributed by atoms with Crippen LogP contribution in [0, 0.1) is 0 Å². The fraction of sp³-hybridized carbons (Fsp3) is 0.333. The standard InChI is InChI=1S/C18H26B2N2O10/c1-3-15(27)21-17(13(25)9-23)31-20(12-7-5-11(6-8-12)19(29)30)32-18(14(26)10-24)22-16(28)4-2/h3-8,13-14,17-18,23-26,29-30H,1-2,9-10H2,(H,21,27)(H,22,28). The summed E-state index contributed by atoms with van der Waals surface area (Å²) in [7, 11) is -3.26. The first-order valence-electron chi connectivity index (χ1n) is 9.37. The highest BCUT2D eigenvalue weighted by Crippen LogP contribution is 2.07. The van der Waals surface area contributed by atoms with Crippen molar-refractivity contribution in [1.82, 2.24) is 10.6 Å². The molecule has 1 rings (SSSR count). The number of rotatable bonds is 14. The van der Waals surface area contributed by atoms with Gasteiger partial charge in [0.25, 0.3) is 0 Å². The van der Waals surface area contributed by atoms with Crippen LogP contribution in [0.3, 0.4) is 0 Å². The molecule has 0 bridgehead atoms. The SMILES string of the molecule is C=CC(=O)NC(OB(OC(NC(=O)C=C)C(O)CO)c1ccc(B(O)O)cc1)C(O)CO. The van der Waals surface area contributed by atoms with E-state index >= 15 is 0 Å². The highest BCUT2D eigenvalue weighted by Gasteiger charge is 2.35. The van der Waals surface area contributed by atoms with Crippen molar-refractivity contribution in [2.75, 3.05) is 13.2 Å². The number of aliphatic hydroxyl groups excluding tert-OH is 4. The van der Waals surface area contributed by atoms with Gasteiger partial charge in [-0.05, 0) is 23.1 Å². The van der Waals surface area contributed by atoms with Crippen molar-refractivity contribution in [3.05, 3.63) is 49.6 Å². The summed E-state index contributed by atoms with van der Waals surface area (Å²) in [5.74, 6) is -1.49. The van der Waals surface area contributed by atoms with Crippen LogP contribution >= 0.6 is 0 Å². The Morgan fingerprint density at radius 2 is 1.25 bits per heavy atom. The summed E-state index contributed by atoms with van der Waals surface area (Å²) in [4.78, 5) is 23.4. The lowest BCUT2D eigenvalue weighted by molar-refractivity contribution is -0.124. The summed E-state index contributed by atoms with van der Waals surface area (Å²) < 4.78 is 11.2. The van der Waals surface area contributed by atoms with E-state index in [0.29, 0.717) is 0 Å². The van der Waals surface area contributed by atoms with Gasteiger partial charge in [0.15, 0.2) is 0 Å². The maximum Gasteiger partial charge on any atom is 0.497 e. The molecule has 4 atom stereocenters. The maximum absolute atomic E-state index is 11.7. The van der Waals surface area contributed by atoms with Gasteiger partial charge in [-0.2, -0.15) is 0 Å². The zero-order valence-corrected chi connectivity index (χ0v) is 17.1. The molecule has 1 aromatic carbocycles. The number of nitrogens with one attached hydrogen (secondary N) is 2. The minimum absolute atomic E-state index is 0.131. The third kappa shape index (κ3) is 8.53. The number of hydrogen-bond acceptors (Lipinski definition) is 10. The van der Waals surface area contributed by atoms with E-state index in [9.17, 15) is 40.1 Å². The van der Waals surface area contributed by atoms with E-state index in [1.54, 1.807) is 0 Å². The van der Waals surface area contributed by atoms with E-state index in [1.807, 2.05) is 0 Å². The van der Waals surface area contributed by atoms with Crippen LogP contribution < -0.4 is 21.6 Å². The summed E-state index contributed by atoms with van der Waals surface area (Å²) in [5, 5.41) is 61.7. The topological polar surface area (TPSA) is 198 Å². The molecule has 0 aliphatic carbocycles. The molecule has 2 amide bonds. The van der Waals surface area contributed by atoms with Crippen molar-refractivity contribution in [2.24, 2.45) is 0 Å². The number of amides is 2. The monoisotopic (exact) mass is 452 g/mol. The molecule has 0 radical (unpaired) electrons. The van der Waals surface area contributed by atoms with Gasteiger partial charge >= 0.3 is 14.2 Å². The Labute approximate surface area is 185 Å². The van der Waals surface area contributed by atoms with Gasteiger partial charge in [0, 0.05) is 0 Å². The minimum Gasteiger partial charge on any atom is -0.423 e. The lowest BCUT2D eigenvalue weighted by Gasteiger charge is -2.30. The van der Waals surface area contributed by atoms with Crippen LogP contribution in [0.4, 0.5) is 0 Å². The summed E-state index contributed by atoms with van der Waals surface area (Å²) in [6.07, 6.45) is -4.46. The second kappa shape index (κ2) is 13.8. The van der Waals surface area contributed by atoms with Crippen molar-refractivity contribution in [3.63, 3.8) is 0 Å². The fourth-order valence-corrected chi connectivity index (χ4v) is 2.31. The Morgan fingerprint density at radius 3 is 1.56 bits per heavy atom. The van der Waals surface area contributed by atoms with Gasteiger partial charge in [-0.15, -0.1) is 0 Å². The van der Waals surface area contributed by atoms with Gasteiger partial charge < -0.3 is 50.4 Å². The molecular formula is C18H26B2N2O10. The third-order valence-corrected chi connectivity index (χ3v) is 4.06. The predicted octanol–water partition coefficient (Wildman–Crippen LogP) is -4.94. The van der Waals surface area contributed by atoms with Crippen LogP contribution in [-0.2, 0) is 18.9 Å². The van der Waals surface area contributed by atoms with E-state index in [-0.39, 0.29) is 10.9 Å². The number of benzene rings is 1. The molecule has 0 saturated carbocycles. The highest BCUT2D eigenvalue weighted by atomic mass is 16.6. The van der Waals surface area contributed by atoms with E-state index < -0.39 is 63.9 Å². The van der Waals surface area contributed by atoms with Gasteiger partial charge in [-0.3, -0.25) is 9.59 Å². The summed E-state index contributed by atoms with van der Waals surface area (Å²) >= 11 is 0. The van der Waals surface area contributed by atoms with E-state index in [0.717, 1.165) is 12.2 Å². The Hall–Kier alpha value is -2.55. The lowest BCUT2D eigenvalue weighted by Crippen LogP contribution is -2.57. The highest BCUT2D eigenvalue weighted by molar-refractivity contribution is 6.62. The molecule has 0 fully saturated rings. The Bertz CT molecular complexity index is 727. The van der Waals surface area contributed by atoms with Gasteiger partial charge in [0.2, 0.25) is 11.8 Å². The Balaban J connectivity index is 3.30. The maximum atomic E-state index is 11.7. The molecular weight excluding hydrogens is 426 g/mol. The molecule has 174 valence electrons.